The van der Waals surface area contributed by atoms with Crippen molar-refractivity contribution in [1.29, 1.82) is 0 Å². The van der Waals surface area contributed by atoms with E-state index in [2.05, 4.69) is 19.2 Å². The summed E-state index contributed by atoms with van der Waals surface area (Å²) in [7, 11) is 1.46. The van der Waals surface area contributed by atoms with Crippen molar-refractivity contribution >= 4 is 5.97 Å². The Bertz CT molecular complexity index is 172. The van der Waals surface area contributed by atoms with E-state index in [1.165, 1.54) is 7.11 Å². The molecule has 0 aromatic heterocycles. The monoisotopic (exact) mass is 185 g/mol. The lowest BCUT2D eigenvalue weighted by molar-refractivity contribution is -0.146. The third-order valence-electron chi connectivity index (χ3n) is 2.79. The van der Waals surface area contributed by atoms with Crippen LogP contribution in [0.5, 0.6) is 0 Å². The smallest absolute Gasteiger partial charge is 0.309 e. The molecule has 1 heterocycles. The van der Waals surface area contributed by atoms with Gasteiger partial charge in [-0.25, -0.2) is 0 Å². The molecule has 0 aromatic rings. The van der Waals surface area contributed by atoms with E-state index in [0.29, 0.717) is 12.0 Å². The summed E-state index contributed by atoms with van der Waals surface area (Å²) in [6, 6.07) is 0.570. The number of ether oxygens (including phenoxy) is 1. The van der Waals surface area contributed by atoms with Gasteiger partial charge in [-0.2, -0.15) is 0 Å². The molecule has 1 fully saturated rings. The molecule has 1 aliphatic heterocycles. The van der Waals surface area contributed by atoms with Crippen LogP contribution in [0, 0.1) is 11.8 Å². The first-order chi connectivity index (χ1) is 6.15. The molecule has 1 rings (SSSR count). The Morgan fingerprint density at radius 2 is 2.15 bits per heavy atom. The number of esters is 1. The van der Waals surface area contributed by atoms with Crippen LogP contribution in [0.2, 0.25) is 0 Å². The first kappa shape index (κ1) is 10.5. The maximum absolute atomic E-state index is 11.2. The van der Waals surface area contributed by atoms with E-state index in [-0.39, 0.29) is 11.9 Å². The van der Waals surface area contributed by atoms with Crippen molar-refractivity contribution in [2.75, 3.05) is 13.7 Å². The molecule has 0 radical (unpaired) electrons. The van der Waals surface area contributed by atoms with E-state index < -0.39 is 0 Å². The van der Waals surface area contributed by atoms with Crippen LogP contribution in [-0.2, 0) is 9.53 Å². The predicted molar refractivity (Wildman–Crippen MR) is 51.4 cm³/mol. The highest BCUT2D eigenvalue weighted by Crippen LogP contribution is 2.19. The molecule has 0 bridgehead atoms. The Hall–Kier alpha value is -0.570. The summed E-state index contributed by atoms with van der Waals surface area (Å²) < 4.78 is 4.71. The van der Waals surface area contributed by atoms with Gasteiger partial charge in [-0.3, -0.25) is 4.79 Å². The van der Waals surface area contributed by atoms with Gasteiger partial charge in [0.15, 0.2) is 0 Å². The van der Waals surface area contributed by atoms with Crippen molar-refractivity contribution in [3.05, 3.63) is 0 Å². The fourth-order valence-corrected chi connectivity index (χ4v) is 1.82. The van der Waals surface area contributed by atoms with Gasteiger partial charge in [0, 0.05) is 12.6 Å². The van der Waals surface area contributed by atoms with Crippen molar-refractivity contribution in [2.24, 2.45) is 11.8 Å². The van der Waals surface area contributed by atoms with Crippen molar-refractivity contribution < 1.29 is 9.53 Å². The molecule has 0 unspecified atom stereocenters. The highest BCUT2D eigenvalue weighted by Gasteiger charge is 2.27. The number of carbonyl (C=O) groups is 1. The molecule has 0 saturated carbocycles. The maximum Gasteiger partial charge on any atom is 0.309 e. The first-order valence-electron chi connectivity index (χ1n) is 4.96. The minimum absolute atomic E-state index is 0.0694. The average molecular weight is 185 g/mol. The van der Waals surface area contributed by atoms with Crippen LogP contribution in [0.15, 0.2) is 0 Å². The van der Waals surface area contributed by atoms with Crippen molar-refractivity contribution in [2.45, 2.75) is 32.7 Å². The SMILES string of the molecule is COC(=O)[C@@H]1CC[C@H](C(C)C)NC1. The van der Waals surface area contributed by atoms with E-state index in [1.54, 1.807) is 0 Å². The zero-order valence-electron chi connectivity index (χ0n) is 8.67. The van der Waals surface area contributed by atoms with Crippen LogP contribution in [0.1, 0.15) is 26.7 Å². The highest BCUT2D eigenvalue weighted by molar-refractivity contribution is 5.72. The number of carbonyl (C=O) groups excluding carboxylic acids is 1. The van der Waals surface area contributed by atoms with E-state index in [4.69, 9.17) is 4.74 Å². The molecule has 1 saturated heterocycles. The van der Waals surface area contributed by atoms with Crippen molar-refractivity contribution in [3.8, 4) is 0 Å². The summed E-state index contributed by atoms with van der Waals surface area (Å²) in [5.41, 5.74) is 0. The van der Waals surface area contributed by atoms with Crippen molar-refractivity contribution in [3.63, 3.8) is 0 Å². The van der Waals surface area contributed by atoms with E-state index in [0.717, 1.165) is 19.4 Å². The van der Waals surface area contributed by atoms with Crippen LogP contribution in [-0.4, -0.2) is 25.7 Å². The summed E-state index contributed by atoms with van der Waals surface area (Å²) in [5.74, 6) is 0.647. The topological polar surface area (TPSA) is 38.3 Å². The zero-order chi connectivity index (χ0) is 9.84. The Labute approximate surface area is 79.8 Å². The number of rotatable bonds is 2. The molecule has 1 N–H and O–H groups in total. The number of methoxy groups -OCH3 is 1. The van der Waals surface area contributed by atoms with Gasteiger partial charge in [0.1, 0.15) is 0 Å². The zero-order valence-corrected chi connectivity index (χ0v) is 8.67. The fourth-order valence-electron chi connectivity index (χ4n) is 1.82. The normalized spacial score (nSPS) is 28.9. The van der Waals surface area contributed by atoms with Gasteiger partial charge in [0.2, 0.25) is 0 Å². The second-order valence-corrected chi connectivity index (χ2v) is 4.06. The molecule has 0 amide bonds. The lowest BCUT2D eigenvalue weighted by Crippen LogP contribution is -2.44. The van der Waals surface area contributed by atoms with E-state index in [1.807, 2.05) is 0 Å². The van der Waals surface area contributed by atoms with Crippen LogP contribution in [0.25, 0.3) is 0 Å². The minimum atomic E-state index is -0.0743. The summed E-state index contributed by atoms with van der Waals surface area (Å²) in [6.07, 6.45) is 2.04. The Balaban J connectivity index is 2.34. The number of hydrogen-bond acceptors (Lipinski definition) is 3. The summed E-state index contributed by atoms with van der Waals surface area (Å²) in [6.45, 7) is 5.18. The number of hydrogen-bond donors (Lipinski definition) is 1. The Kier molecular flexibility index (Phi) is 3.72. The average Bonchev–Trinajstić information content (AvgIpc) is 2.17. The van der Waals surface area contributed by atoms with Gasteiger partial charge < -0.3 is 10.1 Å². The molecular formula is C10H19NO2. The molecule has 13 heavy (non-hydrogen) atoms. The molecule has 3 heteroatoms. The molecule has 76 valence electrons. The van der Waals surface area contributed by atoms with E-state index >= 15 is 0 Å². The van der Waals surface area contributed by atoms with Gasteiger partial charge in [0.05, 0.1) is 13.0 Å². The quantitative estimate of drug-likeness (QED) is 0.657. The number of piperidine rings is 1. The second-order valence-electron chi connectivity index (χ2n) is 4.06. The second kappa shape index (κ2) is 4.61. The molecule has 3 nitrogen and oxygen atoms in total. The van der Waals surface area contributed by atoms with Gasteiger partial charge >= 0.3 is 5.97 Å². The van der Waals surface area contributed by atoms with Crippen LogP contribution in [0.3, 0.4) is 0 Å². The van der Waals surface area contributed by atoms with Gasteiger partial charge in [-0.1, -0.05) is 13.8 Å². The Morgan fingerprint density at radius 3 is 2.54 bits per heavy atom. The largest absolute Gasteiger partial charge is 0.469 e. The highest BCUT2D eigenvalue weighted by atomic mass is 16.5. The molecule has 1 aliphatic rings. The fraction of sp³-hybridized carbons (Fsp3) is 0.900. The van der Waals surface area contributed by atoms with Crippen molar-refractivity contribution in [1.82, 2.24) is 5.32 Å². The maximum atomic E-state index is 11.2. The lowest BCUT2D eigenvalue weighted by Gasteiger charge is -2.30. The summed E-state index contributed by atoms with van der Waals surface area (Å²) in [4.78, 5) is 11.2. The third-order valence-corrected chi connectivity index (χ3v) is 2.79. The van der Waals surface area contributed by atoms with Gasteiger partial charge in [0.25, 0.3) is 0 Å². The Morgan fingerprint density at radius 1 is 1.46 bits per heavy atom. The van der Waals surface area contributed by atoms with Crippen LogP contribution in [0.4, 0.5) is 0 Å². The van der Waals surface area contributed by atoms with E-state index in [9.17, 15) is 4.79 Å². The molecule has 0 aliphatic carbocycles. The van der Waals surface area contributed by atoms with Crippen LogP contribution >= 0.6 is 0 Å². The predicted octanol–water partition coefficient (Wildman–Crippen LogP) is 1.18. The molecule has 0 aromatic carbocycles. The third kappa shape index (κ3) is 2.69. The molecular weight excluding hydrogens is 166 g/mol. The summed E-state index contributed by atoms with van der Waals surface area (Å²) >= 11 is 0. The van der Waals surface area contributed by atoms with Gasteiger partial charge in [-0.15, -0.1) is 0 Å². The number of nitrogens with one attached hydrogen (secondary N) is 1. The summed E-state index contributed by atoms with van der Waals surface area (Å²) in [5, 5.41) is 3.38. The van der Waals surface area contributed by atoms with Crippen LogP contribution < -0.4 is 5.32 Å². The minimum Gasteiger partial charge on any atom is -0.469 e. The molecule has 2 atom stereocenters. The standard InChI is InChI=1S/C10H19NO2/c1-7(2)9-5-4-8(6-11-9)10(12)13-3/h7-9,11H,4-6H2,1-3H3/t8-,9-/m1/s1. The first-order valence-corrected chi connectivity index (χ1v) is 4.96. The van der Waals surface area contributed by atoms with Gasteiger partial charge in [-0.05, 0) is 18.8 Å². The lowest BCUT2D eigenvalue weighted by atomic mass is 9.89. The molecule has 0 spiro atoms.